The van der Waals surface area contributed by atoms with Crippen LogP contribution in [0.5, 0.6) is 0 Å². The molecule has 0 aliphatic carbocycles. The molecule has 0 atom stereocenters. The van der Waals surface area contributed by atoms with Crippen LogP contribution in [0.4, 0.5) is 0 Å². The largest absolute Gasteiger partial charge is 0.455 e. The maximum atomic E-state index is 9.42. The molecule has 0 N–H and O–H groups in total. The average molecular weight is 1750 g/mol. The van der Waals surface area contributed by atoms with E-state index in [1.807, 2.05) is 206 Å². The van der Waals surface area contributed by atoms with Gasteiger partial charge in [0.05, 0.1) is 52.1 Å². The first-order valence-electron chi connectivity index (χ1n) is 62.4. The van der Waals surface area contributed by atoms with Gasteiger partial charge in [0.1, 0.15) is 33.5 Å². The standard InChI is InChI=1S/2C46H28O.C40H24O/c1-3-17-33-29(12-1)14-10-24-36(33)44-39-21-7-5-19-37(39)43(38-20-6-8-22-40(38)44)32-16-9-15-31(28-32)35-23-11-25-41-45-34-18-4-2-13-30(34)26-27-42(45)47-46(35)41;1-2-13-31-27-34(24-23-29(31)11-1)44-39-19-7-5-17-37(39)43(38-18-6-8-20-40(38)44)33-15-9-14-32(28-33)36-21-10-22-41-45-35-16-4-3-12-30(35)25-26-42(45)47-46(36)41;1-2-12-27-24-28(21-20-25(27)10-1)37-30-14-5-7-16-32(30)38(33-17-8-6-15-31(33)37)34-18-9-19-35-39-29-13-4-3-11-26(29)22-23-36(39)41-40(34)35/h2*1-28H;1-24H/i1D,3D,5D,6D,7D,8D,10D,12D,14D,17D,19D,20D,21D,22D,24D;5D,6D,7D,8D,17D,18D,19D,20D;1D,2D,5D,6D,7D,8D,10D,12D,14D,15D,16D,17D,20D,21D,24D. The number of hydrogen-bond donors (Lipinski definition) is 0. The number of hydrogen-bond acceptors (Lipinski definition) is 3. The lowest BCUT2D eigenvalue weighted by Crippen LogP contribution is -1.92. The van der Waals surface area contributed by atoms with Crippen LogP contribution < -0.4 is 0 Å². The molecule has 26 aromatic carbocycles. The van der Waals surface area contributed by atoms with Gasteiger partial charge in [0.2, 0.25) is 0 Å². The second kappa shape index (κ2) is 31.5. The second-order valence-corrected chi connectivity index (χ2v) is 32.8. The van der Waals surface area contributed by atoms with Gasteiger partial charge in [-0.1, -0.05) is 442 Å². The predicted octanol–water partition coefficient (Wildman–Crippen LogP) is 37.9. The minimum absolute atomic E-state index is 0.0152. The van der Waals surface area contributed by atoms with E-state index < -0.39 is 238 Å². The molecule has 0 fully saturated rings. The van der Waals surface area contributed by atoms with Gasteiger partial charge in [0, 0.05) is 54.6 Å². The molecule has 3 nitrogen and oxygen atoms in total. The summed E-state index contributed by atoms with van der Waals surface area (Å²) < 4.78 is 360. The molecule has 0 unspecified atom stereocenters. The van der Waals surface area contributed by atoms with Crippen molar-refractivity contribution in [2.45, 2.75) is 0 Å². The molecule has 0 spiro atoms. The first-order valence-corrected chi connectivity index (χ1v) is 43.4. The van der Waals surface area contributed by atoms with E-state index in [1.54, 1.807) is 36.4 Å². The molecule has 0 bridgehead atoms. The third kappa shape index (κ3) is 12.6. The SMILES string of the molecule is [2H]c1c([2H])c([2H])c2c(-c3c4c([2H])c([2H])c([2H])c([2H])c4c(-c4cccc(-c5cccc6c5oc5ccc7ccccc7c56)c4)c4c([2H])c([2H])c([2H])c([2H])c34)c([2H])c([2H])c([2H])c2c1[2H].[2H]c1c([2H])c([2H])c2c(-c3ccc4ccccc4c3)c3c([2H])c([2H])c([2H])c([2H])c3c(-c3cccc(-c4cccc5c4oc4ccc6ccccc6c45)c3)c2c1[2H].[2H]c1c([2H])c([2H])c2c([2H])c(-c3c4c([2H])c([2H])c([2H])c([2H])c4c(-c4cccc5c4oc4ccc6ccccc6c45)c4c([2H])c([2H])c([2H])c([2H])c34)c([2H])c([2H])c2c1[2H]. The molecule has 3 heterocycles. The highest BCUT2D eigenvalue weighted by atomic mass is 16.3. The van der Waals surface area contributed by atoms with Crippen molar-refractivity contribution in [3.63, 3.8) is 0 Å². The van der Waals surface area contributed by atoms with Crippen molar-refractivity contribution >= 4 is 195 Å². The van der Waals surface area contributed by atoms with Crippen LogP contribution in [0.3, 0.4) is 0 Å². The Balaban J connectivity index is 0.000000123. The van der Waals surface area contributed by atoms with E-state index in [1.165, 1.54) is 0 Å². The van der Waals surface area contributed by atoms with Crippen molar-refractivity contribution < 1.29 is 65.3 Å². The number of fused-ring (bicyclic) bond motifs is 24. The average Bonchev–Trinajstić information content (AvgIpc) is 1.39. The van der Waals surface area contributed by atoms with Gasteiger partial charge >= 0.3 is 0 Å². The van der Waals surface area contributed by atoms with Gasteiger partial charge in [0.15, 0.2) is 0 Å². The smallest absolute Gasteiger partial charge is 0.143 e. The molecular formula is C132H80O3. The predicted molar refractivity (Wildman–Crippen MR) is 575 cm³/mol. The number of benzene rings is 26. The summed E-state index contributed by atoms with van der Waals surface area (Å²) in [6, 6.07) is 57.0. The summed E-state index contributed by atoms with van der Waals surface area (Å²) >= 11 is 0. The van der Waals surface area contributed by atoms with E-state index >= 15 is 0 Å². The van der Waals surface area contributed by atoms with Crippen molar-refractivity contribution in [1.29, 1.82) is 0 Å². The van der Waals surface area contributed by atoms with E-state index in [-0.39, 0.29) is 122 Å². The third-order valence-corrected chi connectivity index (χ3v) is 25.6. The highest BCUT2D eigenvalue weighted by molar-refractivity contribution is 6.30. The van der Waals surface area contributed by atoms with Gasteiger partial charge in [-0.25, -0.2) is 0 Å². The highest BCUT2D eigenvalue weighted by Gasteiger charge is 2.26. The fourth-order valence-electron chi connectivity index (χ4n) is 19.8. The molecule has 0 radical (unpaired) electrons. The van der Waals surface area contributed by atoms with E-state index in [2.05, 4.69) is 12.1 Å². The minimum atomic E-state index is -0.759. The van der Waals surface area contributed by atoms with Gasteiger partial charge in [-0.15, -0.1) is 0 Å². The zero-order valence-corrected chi connectivity index (χ0v) is 70.5. The molecule has 29 rings (SSSR count). The molecule has 3 aromatic heterocycles. The van der Waals surface area contributed by atoms with Gasteiger partial charge in [-0.05, 0) is 238 Å². The zero-order valence-electron chi connectivity index (χ0n) is 108. The Labute approximate surface area is 830 Å². The fourth-order valence-corrected chi connectivity index (χ4v) is 19.8. The minimum Gasteiger partial charge on any atom is -0.455 e. The number of para-hydroxylation sites is 3. The first kappa shape index (κ1) is 48.2. The third-order valence-electron chi connectivity index (χ3n) is 25.6. The Bertz CT molecular complexity index is 12300. The van der Waals surface area contributed by atoms with Crippen LogP contribution in [0.25, 0.3) is 284 Å². The topological polar surface area (TPSA) is 39.4 Å². The summed E-state index contributed by atoms with van der Waals surface area (Å²) in [5.74, 6) is 0. The molecule has 0 saturated carbocycles. The summed E-state index contributed by atoms with van der Waals surface area (Å²) in [7, 11) is 0. The van der Waals surface area contributed by atoms with Gasteiger partial charge in [0.25, 0.3) is 0 Å². The van der Waals surface area contributed by atoms with E-state index in [4.69, 9.17) is 44.8 Å². The fraction of sp³-hybridized carbons (Fsp3) is 0. The molecule has 626 valence electrons. The van der Waals surface area contributed by atoms with Gasteiger partial charge < -0.3 is 13.3 Å². The quantitative estimate of drug-likeness (QED) is 0.142. The maximum Gasteiger partial charge on any atom is 0.143 e. The van der Waals surface area contributed by atoms with Crippen LogP contribution >= 0.6 is 0 Å². The Kier molecular flexibility index (Phi) is 11.3. The van der Waals surface area contributed by atoms with E-state index in [0.29, 0.717) is 66.7 Å². The van der Waals surface area contributed by atoms with Crippen molar-refractivity contribution in [3.05, 3.63) is 484 Å². The van der Waals surface area contributed by atoms with Gasteiger partial charge in [-0.3, -0.25) is 0 Å². The second-order valence-electron chi connectivity index (χ2n) is 32.8. The zero-order chi connectivity index (χ0) is 122. The molecular weight excluding hydrogens is 1630 g/mol. The molecule has 0 aliphatic rings. The summed E-state index contributed by atoms with van der Waals surface area (Å²) in [6.07, 6.45) is 0. The Morgan fingerprint density at radius 1 is 0.148 bits per heavy atom. The summed E-state index contributed by atoms with van der Waals surface area (Å²) in [4.78, 5) is 0. The Morgan fingerprint density at radius 3 is 0.889 bits per heavy atom. The maximum absolute atomic E-state index is 9.42. The van der Waals surface area contributed by atoms with Crippen LogP contribution in [0.1, 0.15) is 52.1 Å². The summed E-state index contributed by atoms with van der Waals surface area (Å²) in [5, 5.41) is 10.0. The molecule has 135 heavy (non-hydrogen) atoms. The van der Waals surface area contributed by atoms with Crippen LogP contribution in [-0.4, -0.2) is 0 Å². The van der Waals surface area contributed by atoms with Crippen LogP contribution in [0.2, 0.25) is 0 Å². The van der Waals surface area contributed by atoms with Crippen molar-refractivity contribution in [1.82, 2.24) is 0 Å². The van der Waals surface area contributed by atoms with Gasteiger partial charge in [-0.2, -0.15) is 0 Å². The molecule has 0 saturated heterocycles. The normalized spacial score (nSPS) is 15.8. The van der Waals surface area contributed by atoms with E-state index in [9.17, 15) is 20.6 Å². The summed E-state index contributed by atoms with van der Waals surface area (Å²) in [5.41, 5.74) is 6.95. The number of furan rings is 3. The molecule has 29 aromatic rings. The van der Waals surface area contributed by atoms with Crippen LogP contribution in [0.15, 0.2) is 498 Å². The lowest BCUT2D eigenvalue weighted by molar-refractivity contribution is 0.670. The van der Waals surface area contributed by atoms with Crippen molar-refractivity contribution in [3.8, 4) is 89.0 Å². The highest BCUT2D eigenvalue weighted by Crippen LogP contribution is 2.53. The van der Waals surface area contributed by atoms with Crippen molar-refractivity contribution in [2.24, 2.45) is 0 Å². The Hall–Kier alpha value is -17.8. The molecule has 3 heteroatoms. The molecule has 0 aliphatic heterocycles. The Morgan fingerprint density at radius 2 is 0.452 bits per heavy atom. The first-order chi connectivity index (χ1) is 82.8. The lowest BCUT2D eigenvalue weighted by atomic mass is 9.84. The monoisotopic (exact) mass is 1750 g/mol. The lowest BCUT2D eigenvalue weighted by Gasteiger charge is -2.19. The van der Waals surface area contributed by atoms with Crippen LogP contribution in [-0.2, 0) is 0 Å². The van der Waals surface area contributed by atoms with Crippen LogP contribution in [0, 0.1) is 0 Å². The van der Waals surface area contributed by atoms with Crippen molar-refractivity contribution in [2.75, 3.05) is 0 Å². The van der Waals surface area contributed by atoms with E-state index in [0.717, 1.165) is 86.7 Å². The number of rotatable bonds is 8. The molecule has 0 amide bonds. The summed E-state index contributed by atoms with van der Waals surface area (Å²) in [6.45, 7) is 0.